The van der Waals surface area contributed by atoms with Crippen molar-refractivity contribution in [2.75, 3.05) is 30.3 Å². The van der Waals surface area contributed by atoms with Crippen LogP contribution in [0.5, 0.6) is 0 Å². The summed E-state index contributed by atoms with van der Waals surface area (Å²) in [7, 11) is 0. The van der Waals surface area contributed by atoms with Gasteiger partial charge in [0.1, 0.15) is 11.0 Å². The zero-order valence-corrected chi connectivity index (χ0v) is 21.4. The van der Waals surface area contributed by atoms with Crippen molar-refractivity contribution in [1.29, 1.82) is 0 Å². The van der Waals surface area contributed by atoms with Crippen LogP contribution in [0.4, 0.5) is 5.82 Å². The minimum absolute atomic E-state index is 0.0249. The molecule has 0 aliphatic carbocycles. The Morgan fingerprint density at radius 1 is 1.14 bits per heavy atom. The van der Waals surface area contributed by atoms with E-state index in [1.54, 1.807) is 42.7 Å². The lowest BCUT2D eigenvalue weighted by Crippen LogP contribution is -2.54. The van der Waals surface area contributed by atoms with Gasteiger partial charge < -0.3 is 15.1 Å². The smallest absolute Gasteiger partial charge is 0.254 e. The third kappa shape index (κ3) is 6.84. The van der Waals surface area contributed by atoms with E-state index in [-0.39, 0.29) is 23.6 Å². The van der Waals surface area contributed by atoms with E-state index in [1.165, 1.54) is 11.8 Å². The summed E-state index contributed by atoms with van der Waals surface area (Å²) in [6.07, 6.45) is 3.40. The lowest BCUT2D eigenvalue weighted by molar-refractivity contribution is -0.118. The first-order chi connectivity index (χ1) is 16.9. The summed E-state index contributed by atoms with van der Waals surface area (Å²) in [6.45, 7) is 4.16. The number of hydrogen-bond acceptors (Lipinski definition) is 7. The van der Waals surface area contributed by atoms with Crippen LogP contribution in [0.1, 0.15) is 22.8 Å². The van der Waals surface area contributed by atoms with Crippen molar-refractivity contribution < 1.29 is 9.59 Å². The molecule has 0 radical (unpaired) electrons. The highest BCUT2D eigenvalue weighted by atomic mass is 35.5. The lowest BCUT2D eigenvalue weighted by Gasteiger charge is -2.40. The average Bonchev–Trinajstić information content (AvgIpc) is 2.86. The van der Waals surface area contributed by atoms with Gasteiger partial charge in [-0.3, -0.25) is 14.6 Å². The number of hydrogen-bond donors (Lipinski definition) is 1. The molecular weight excluding hydrogens is 507 g/mol. The van der Waals surface area contributed by atoms with E-state index in [1.807, 2.05) is 24.0 Å². The number of nitrogens with zero attached hydrogens (tertiary/aromatic N) is 5. The SMILES string of the molecule is CC1CN(c2cc(Cl)nc(SCC(=O)NCc3cccnc3)n2)CCN1C(=O)c1ccc(Cl)cc1. The van der Waals surface area contributed by atoms with Gasteiger partial charge in [0, 0.05) is 61.3 Å². The normalized spacial score (nSPS) is 15.7. The molecule has 35 heavy (non-hydrogen) atoms. The molecule has 1 aliphatic rings. The molecule has 1 atom stereocenters. The van der Waals surface area contributed by atoms with E-state index in [0.29, 0.717) is 52.9 Å². The fourth-order valence-corrected chi connectivity index (χ4v) is 4.76. The Morgan fingerprint density at radius 3 is 2.66 bits per heavy atom. The van der Waals surface area contributed by atoms with Gasteiger partial charge in [0.25, 0.3) is 5.91 Å². The number of aromatic nitrogens is 3. The van der Waals surface area contributed by atoms with E-state index in [2.05, 4.69) is 25.2 Å². The summed E-state index contributed by atoms with van der Waals surface area (Å²) in [5.74, 6) is 0.684. The van der Waals surface area contributed by atoms with Gasteiger partial charge >= 0.3 is 0 Å². The molecule has 11 heteroatoms. The number of nitrogens with one attached hydrogen (secondary N) is 1. The van der Waals surface area contributed by atoms with Crippen LogP contribution < -0.4 is 10.2 Å². The van der Waals surface area contributed by atoms with Crippen molar-refractivity contribution in [3.05, 3.63) is 76.2 Å². The zero-order valence-electron chi connectivity index (χ0n) is 19.0. The quantitative estimate of drug-likeness (QED) is 0.281. The summed E-state index contributed by atoms with van der Waals surface area (Å²) in [5, 5.41) is 4.19. The minimum Gasteiger partial charge on any atom is -0.353 e. The Balaban J connectivity index is 1.34. The molecule has 1 unspecified atom stereocenters. The van der Waals surface area contributed by atoms with Crippen molar-refractivity contribution >= 4 is 52.6 Å². The summed E-state index contributed by atoms with van der Waals surface area (Å²) in [5.41, 5.74) is 1.54. The predicted octanol–water partition coefficient (Wildman–Crippen LogP) is 3.94. The van der Waals surface area contributed by atoms with Gasteiger partial charge in [-0.15, -0.1) is 0 Å². The van der Waals surface area contributed by atoms with Crippen LogP contribution in [0, 0.1) is 0 Å². The maximum absolute atomic E-state index is 12.9. The molecule has 0 bridgehead atoms. The molecule has 3 heterocycles. The number of anilines is 1. The van der Waals surface area contributed by atoms with Gasteiger partial charge in [0.05, 0.1) is 5.75 Å². The highest BCUT2D eigenvalue weighted by Crippen LogP contribution is 2.25. The Morgan fingerprint density at radius 2 is 1.94 bits per heavy atom. The first-order valence-corrected chi connectivity index (χ1v) is 12.8. The summed E-state index contributed by atoms with van der Waals surface area (Å²) < 4.78 is 0. The molecule has 1 N–H and O–H groups in total. The van der Waals surface area contributed by atoms with Crippen LogP contribution in [0.15, 0.2) is 60.0 Å². The number of carbonyl (C=O) groups excluding carboxylic acids is 2. The largest absolute Gasteiger partial charge is 0.353 e. The van der Waals surface area contributed by atoms with Gasteiger partial charge in [-0.2, -0.15) is 0 Å². The number of benzene rings is 1. The zero-order chi connectivity index (χ0) is 24.8. The third-order valence-electron chi connectivity index (χ3n) is 5.51. The lowest BCUT2D eigenvalue weighted by atomic mass is 10.1. The van der Waals surface area contributed by atoms with E-state index in [9.17, 15) is 9.59 Å². The minimum atomic E-state index is -0.132. The van der Waals surface area contributed by atoms with Crippen LogP contribution in [0.2, 0.25) is 10.2 Å². The molecule has 4 rings (SSSR count). The van der Waals surface area contributed by atoms with Gasteiger partial charge in [-0.05, 0) is 42.8 Å². The average molecular weight is 531 g/mol. The highest BCUT2D eigenvalue weighted by molar-refractivity contribution is 7.99. The topological polar surface area (TPSA) is 91.3 Å². The second-order valence-corrected chi connectivity index (χ2v) is 9.82. The third-order valence-corrected chi connectivity index (χ3v) is 6.80. The standard InChI is InChI=1S/C24H24Cl2N6O2S/c1-16-14-31(9-10-32(16)23(34)18-4-6-19(25)7-5-18)21-11-20(26)29-24(30-21)35-15-22(33)28-13-17-3-2-8-27-12-17/h2-8,11-12,16H,9-10,13-15H2,1H3,(H,28,33). The molecule has 0 spiro atoms. The van der Waals surface area contributed by atoms with Crippen molar-refractivity contribution in [3.63, 3.8) is 0 Å². The molecule has 182 valence electrons. The number of pyridine rings is 1. The van der Waals surface area contributed by atoms with Crippen LogP contribution in [-0.4, -0.2) is 63.1 Å². The van der Waals surface area contributed by atoms with Crippen molar-refractivity contribution in [1.82, 2.24) is 25.2 Å². The number of rotatable bonds is 7. The van der Waals surface area contributed by atoms with Gasteiger partial charge in [-0.25, -0.2) is 9.97 Å². The number of thioether (sulfide) groups is 1. The maximum Gasteiger partial charge on any atom is 0.254 e. The van der Waals surface area contributed by atoms with Crippen molar-refractivity contribution in [2.24, 2.45) is 0 Å². The first-order valence-electron chi connectivity index (χ1n) is 11.0. The fraction of sp³-hybridized carbons (Fsp3) is 0.292. The predicted molar refractivity (Wildman–Crippen MR) is 138 cm³/mol. The Kier molecular flexibility index (Phi) is 8.43. The molecule has 2 amide bonds. The van der Waals surface area contributed by atoms with E-state index in [0.717, 1.165) is 5.56 Å². The van der Waals surface area contributed by atoms with E-state index < -0.39 is 0 Å². The number of amides is 2. The van der Waals surface area contributed by atoms with E-state index >= 15 is 0 Å². The van der Waals surface area contributed by atoms with Gasteiger partial charge in [-0.1, -0.05) is 41.0 Å². The van der Waals surface area contributed by atoms with Crippen LogP contribution in [0.25, 0.3) is 0 Å². The van der Waals surface area contributed by atoms with Gasteiger partial charge in [0.15, 0.2) is 5.16 Å². The van der Waals surface area contributed by atoms with E-state index in [4.69, 9.17) is 23.2 Å². The summed E-state index contributed by atoms with van der Waals surface area (Å²) >= 11 is 13.4. The monoisotopic (exact) mass is 530 g/mol. The molecule has 1 aliphatic heterocycles. The first kappa shape index (κ1) is 25.2. The maximum atomic E-state index is 12.9. The van der Waals surface area contributed by atoms with Crippen molar-refractivity contribution in [2.45, 2.75) is 24.7 Å². The molecule has 2 aromatic heterocycles. The molecule has 1 saturated heterocycles. The molecule has 3 aromatic rings. The molecule has 0 saturated carbocycles. The molecule has 1 aromatic carbocycles. The van der Waals surface area contributed by atoms with Crippen LogP contribution >= 0.6 is 35.0 Å². The number of piperazine rings is 1. The van der Waals surface area contributed by atoms with Crippen LogP contribution in [-0.2, 0) is 11.3 Å². The molecule has 1 fully saturated rings. The second kappa shape index (κ2) is 11.7. The van der Waals surface area contributed by atoms with Crippen molar-refractivity contribution in [3.8, 4) is 0 Å². The Bertz CT molecular complexity index is 1180. The molecular formula is C24H24Cl2N6O2S. The Labute approximate surface area is 218 Å². The Hall–Kier alpha value is -2.88. The number of carbonyl (C=O) groups is 2. The molecule has 8 nitrogen and oxygen atoms in total. The fourth-order valence-electron chi connectivity index (χ4n) is 3.72. The summed E-state index contributed by atoms with van der Waals surface area (Å²) in [6, 6.07) is 12.3. The summed E-state index contributed by atoms with van der Waals surface area (Å²) in [4.78, 5) is 42.0. The van der Waals surface area contributed by atoms with Crippen LogP contribution in [0.3, 0.4) is 0 Å². The second-order valence-electron chi connectivity index (χ2n) is 8.06. The number of halogens is 2. The van der Waals surface area contributed by atoms with Gasteiger partial charge in [0.2, 0.25) is 5.91 Å². The highest BCUT2D eigenvalue weighted by Gasteiger charge is 2.29.